The van der Waals surface area contributed by atoms with E-state index < -0.39 is 10.0 Å². The highest BCUT2D eigenvalue weighted by molar-refractivity contribution is 7.89. The minimum Gasteiger partial charge on any atom is -0.335 e. The number of H-pyrrole nitrogens is 1. The standard InChI is InChI=1S/C11H12FN3O2S/c12-10-3-1-2-9(6-10)4-5-15-18(16,17)11-7-13-8-14-11/h1-3,6-8,15H,4-5H2,(H,13,14). The molecule has 0 aliphatic rings. The first-order valence-corrected chi connectivity index (χ1v) is 6.79. The van der Waals surface area contributed by atoms with Crippen molar-refractivity contribution in [2.75, 3.05) is 6.54 Å². The van der Waals surface area contributed by atoms with Crippen molar-refractivity contribution >= 4 is 10.0 Å². The van der Waals surface area contributed by atoms with Crippen LogP contribution in [0.2, 0.25) is 0 Å². The molecule has 0 saturated carbocycles. The van der Waals surface area contributed by atoms with Gasteiger partial charge in [0, 0.05) is 6.54 Å². The summed E-state index contributed by atoms with van der Waals surface area (Å²) in [5.74, 6) is -0.330. The van der Waals surface area contributed by atoms with Crippen LogP contribution >= 0.6 is 0 Å². The van der Waals surface area contributed by atoms with E-state index in [1.807, 2.05) is 0 Å². The third-order valence-corrected chi connectivity index (χ3v) is 3.74. The van der Waals surface area contributed by atoms with Crippen LogP contribution in [-0.2, 0) is 16.4 Å². The number of halogens is 1. The number of hydrogen-bond donors (Lipinski definition) is 2. The van der Waals surface area contributed by atoms with Crippen LogP contribution in [0.1, 0.15) is 5.56 Å². The van der Waals surface area contributed by atoms with Gasteiger partial charge in [-0.3, -0.25) is 0 Å². The first-order chi connectivity index (χ1) is 8.58. The summed E-state index contributed by atoms with van der Waals surface area (Å²) in [5.41, 5.74) is 0.738. The van der Waals surface area contributed by atoms with E-state index in [-0.39, 0.29) is 17.4 Å². The monoisotopic (exact) mass is 269 g/mol. The molecule has 1 aromatic heterocycles. The first-order valence-electron chi connectivity index (χ1n) is 5.30. The highest BCUT2D eigenvalue weighted by atomic mass is 32.2. The maximum absolute atomic E-state index is 12.9. The number of nitrogens with one attached hydrogen (secondary N) is 2. The minimum absolute atomic E-state index is 0.0155. The van der Waals surface area contributed by atoms with Crippen molar-refractivity contribution in [3.63, 3.8) is 0 Å². The summed E-state index contributed by atoms with van der Waals surface area (Å²) in [7, 11) is -3.56. The largest absolute Gasteiger partial charge is 0.335 e. The molecule has 0 radical (unpaired) electrons. The van der Waals surface area contributed by atoms with Gasteiger partial charge in [0.15, 0.2) is 5.03 Å². The van der Waals surface area contributed by atoms with Gasteiger partial charge < -0.3 is 4.98 Å². The van der Waals surface area contributed by atoms with Crippen LogP contribution in [0.15, 0.2) is 41.8 Å². The fraction of sp³-hybridized carbons (Fsp3) is 0.182. The first kappa shape index (κ1) is 12.7. The van der Waals surface area contributed by atoms with Crippen LogP contribution in [0.4, 0.5) is 4.39 Å². The van der Waals surface area contributed by atoms with Gasteiger partial charge in [-0.25, -0.2) is 22.5 Å². The lowest BCUT2D eigenvalue weighted by atomic mass is 10.1. The molecule has 0 atom stereocenters. The number of rotatable bonds is 5. The second-order valence-electron chi connectivity index (χ2n) is 3.69. The van der Waals surface area contributed by atoms with E-state index in [4.69, 9.17) is 0 Å². The van der Waals surface area contributed by atoms with Crippen LogP contribution in [0, 0.1) is 5.82 Å². The second kappa shape index (κ2) is 5.28. The Labute approximate surface area is 104 Å². The lowest BCUT2D eigenvalue weighted by Crippen LogP contribution is -2.26. The van der Waals surface area contributed by atoms with E-state index >= 15 is 0 Å². The molecule has 0 aliphatic carbocycles. The highest BCUT2D eigenvalue weighted by Gasteiger charge is 2.14. The molecule has 7 heteroatoms. The summed E-state index contributed by atoms with van der Waals surface area (Å²) < 4.78 is 38.7. The second-order valence-corrected chi connectivity index (χ2v) is 5.43. The molecule has 1 heterocycles. The van der Waals surface area contributed by atoms with Gasteiger partial charge in [0.1, 0.15) is 5.82 Å². The average Bonchev–Trinajstić information content (AvgIpc) is 2.83. The predicted molar refractivity (Wildman–Crippen MR) is 63.9 cm³/mol. The third kappa shape index (κ3) is 3.14. The molecule has 2 rings (SSSR count). The number of aromatic nitrogens is 2. The van der Waals surface area contributed by atoms with Gasteiger partial charge in [-0.05, 0) is 24.1 Å². The van der Waals surface area contributed by atoms with Gasteiger partial charge in [-0.15, -0.1) is 0 Å². The smallest absolute Gasteiger partial charge is 0.257 e. The average molecular weight is 269 g/mol. The summed E-state index contributed by atoms with van der Waals surface area (Å²) in [5, 5.41) is 0.0155. The van der Waals surface area contributed by atoms with Gasteiger partial charge in [0.2, 0.25) is 0 Å². The highest BCUT2D eigenvalue weighted by Crippen LogP contribution is 2.05. The van der Waals surface area contributed by atoms with Gasteiger partial charge in [-0.2, -0.15) is 0 Å². The van der Waals surface area contributed by atoms with Crippen LogP contribution in [-0.4, -0.2) is 24.9 Å². The summed E-state index contributed by atoms with van der Waals surface area (Å²) in [6.07, 6.45) is 2.94. The van der Waals surface area contributed by atoms with Gasteiger partial charge in [0.05, 0.1) is 12.5 Å². The van der Waals surface area contributed by atoms with E-state index in [0.717, 1.165) is 5.56 Å². The number of benzene rings is 1. The van der Waals surface area contributed by atoms with Crippen molar-refractivity contribution in [2.45, 2.75) is 11.4 Å². The van der Waals surface area contributed by atoms with E-state index in [2.05, 4.69) is 14.7 Å². The molecule has 0 fully saturated rings. The molecule has 0 unspecified atom stereocenters. The summed E-state index contributed by atoms with van der Waals surface area (Å²) in [6, 6.07) is 6.06. The quantitative estimate of drug-likeness (QED) is 0.852. The molecule has 2 aromatic rings. The van der Waals surface area contributed by atoms with Gasteiger partial charge in [0.25, 0.3) is 10.0 Å². The van der Waals surface area contributed by atoms with Crippen LogP contribution in [0.25, 0.3) is 0 Å². The Morgan fingerprint density at radius 1 is 1.39 bits per heavy atom. The van der Waals surface area contributed by atoms with Gasteiger partial charge in [-0.1, -0.05) is 12.1 Å². The number of sulfonamides is 1. The molecule has 18 heavy (non-hydrogen) atoms. The Morgan fingerprint density at radius 2 is 2.22 bits per heavy atom. The Hall–Kier alpha value is -1.73. The zero-order valence-electron chi connectivity index (χ0n) is 9.43. The molecule has 0 amide bonds. The molecule has 0 saturated heterocycles. The van der Waals surface area contributed by atoms with E-state index in [1.54, 1.807) is 12.1 Å². The predicted octanol–water partition coefficient (Wildman–Crippen LogP) is 1.07. The summed E-state index contributed by atoms with van der Waals surface area (Å²) in [6.45, 7) is 0.199. The summed E-state index contributed by atoms with van der Waals surface area (Å²) in [4.78, 5) is 6.16. The number of hydrogen-bond acceptors (Lipinski definition) is 3. The Kier molecular flexibility index (Phi) is 3.73. The summed E-state index contributed by atoms with van der Waals surface area (Å²) >= 11 is 0. The van der Waals surface area contributed by atoms with Crippen molar-refractivity contribution < 1.29 is 12.8 Å². The molecule has 0 aliphatic heterocycles. The molecule has 0 spiro atoms. The van der Waals surface area contributed by atoms with E-state index in [1.165, 1.54) is 24.7 Å². The van der Waals surface area contributed by atoms with Crippen LogP contribution in [0.3, 0.4) is 0 Å². The lowest BCUT2D eigenvalue weighted by Gasteiger charge is -2.04. The van der Waals surface area contributed by atoms with Crippen molar-refractivity contribution in [3.05, 3.63) is 48.2 Å². The molecule has 2 N–H and O–H groups in total. The number of imidazole rings is 1. The topological polar surface area (TPSA) is 74.8 Å². The van der Waals surface area contributed by atoms with E-state index in [9.17, 15) is 12.8 Å². The molecular weight excluding hydrogens is 257 g/mol. The molecule has 96 valence electrons. The van der Waals surface area contributed by atoms with Crippen molar-refractivity contribution in [1.82, 2.24) is 14.7 Å². The Balaban J connectivity index is 1.93. The Bertz CT molecular complexity index is 611. The van der Waals surface area contributed by atoms with Crippen LogP contribution < -0.4 is 4.72 Å². The lowest BCUT2D eigenvalue weighted by molar-refractivity contribution is 0.578. The zero-order chi connectivity index (χ0) is 13.0. The van der Waals surface area contributed by atoms with Crippen molar-refractivity contribution in [3.8, 4) is 0 Å². The SMILES string of the molecule is O=S(=O)(NCCc1cccc(F)c1)c1cnc[nH]1. The maximum Gasteiger partial charge on any atom is 0.257 e. The molecule has 5 nitrogen and oxygen atoms in total. The Morgan fingerprint density at radius 3 is 2.89 bits per heavy atom. The van der Waals surface area contributed by atoms with Gasteiger partial charge >= 0.3 is 0 Å². The number of nitrogens with zero attached hydrogens (tertiary/aromatic N) is 1. The molecule has 0 bridgehead atoms. The number of aromatic amines is 1. The van der Waals surface area contributed by atoms with E-state index in [0.29, 0.717) is 6.42 Å². The fourth-order valence-corrected chi connectivity index (χ4v) is 2.42. The third-order valence-electron chi connectivity index (χ3n) is 2.36. The molecule has 1 aromatic carbocycles. The van der Waals surface area contributed by atoms with Crippen molar-refractivity contribution in [2.24, 2.45) is 0 Å². The normalized spacial score (nSPS) is 11.6. The van der Waals surface area contributed by atoms with Crippen molar-refractivity contribution in [1.29, 1.82) is 0 Å². The van der Waals surface area contributed by atoms with Crippen LogP contribution in [0.5, 0.6) is 0 Å². The zero-order valence-corrected chi connectivity index (χ0v) is 10.2. The molecular formula is C11H12FN3O2S. The minimum atomic E-state index is -3.56. The fourth-order valence-electron chi connectivity index (χ4n) is 1.49. The maximum atomic E-state index is 12.9.